The summed E-state index contributed by atoms with van der Waals surface area (Å²) in [5.74, 6) is -2.87. The molecule has 2 N–H and O–H groups in total. The third-order valence-corrected chi connectivity index (χ3v) is 1.93. The van der Waals surface area contributed by atoms with Crippen molar-refractivity contribution in [2.75, 3.05) is 0 Å². The molecule has 0 saturated heterocycles. The number of carboxylic acids is 1. The molecule has 0 radical (unpaired) electrons. The minimum atomic E-state index is -1.25. The van der Waals surface area contributed by atoms with Crippen LogP contribution in [-0.4, -0.2) is 16.1 Å². The highest BCUT2D eigenvalue weighted by molar-refractivity contribution is 6.03. The Hall–Kier alpha value is -1.91. The van der Waals surface area contributed by atoms with Gasteiger partial charge in [-0.15, -0.1) is 0 Å². The summed E-state index contributed by atoms with van der Waals surface area (Å²) in [7, 11) is 0. The fourth-order valence-corrected chi connectivity index (χ4v) is 1.35. The number of halogens is 2. The molecule has 0 aliphatic heterocycles. The Balaban J connectivity index is 2.85. The SMILES string of the molecule is O=C(O)c1c[nH]c2cc(F)cc(F)c12. The van der Waals surface area contributed by atoms with Gasteiger partial charge in [-0.1, -0.05) is 0 Å². The van der Waals surface area contributed by atoms with Crippen LogP contribution < -0.4 is 0 Å². The van der Waals surface area contributed by atoms with E-state index in [1.54, 1.807) is 0 Å². The molecule has 0 fully saturated rings. The summed E-state index contributed by atoms with van der Waals surface area (Å²) in [6, 6.07) is 1.70. The second kappa shape index (κ2) is 2.80. The molecule has 1 aromatic carbocycles. The molecule has 0 aliphatic carbocycles. The molecule has 0 unspecified atom stereocenters. The van der Waals surface area contributed by atoms with Crippen molar-refractivity contribution in [3.63, 3.8) is 0 Å². The fraction of sp³-hybridized carbons (Fsp3) is 0. The first-order valence-corrected chi connectivity index (χ1v) is 3.79. The Morgan fingerprint density at radius 2 is 2.07 bits per heavy atom. The van der Waals surface area contributed by atoms with Crippen LogP contribution in [0.15, 0.2) is 18.3 Å². The summed E-state index contributed by atoms with van der Waals surface area (Å²) in [5, 5.41) is 8.59. The lowest BCUT2D eigenvalue weighted by Gasteiger charge is -1.95. The standard InChI is InChI=1S/C9H5F2NO2/c10-4-1-6(11)8-5(9(13)14)3-12-7(8)2-4/h1-3,12H,(H,13,14). The van der Waals surface area contributed by atoms with E-state index in [-0.39, 0.29) is 16.5 Å². The van der Waals surface area contributed by atoms with Gasteiger partial charge in [0.2, 0.25) is 0 Å². The van der Waals surface area contributed by atoms with Crippen LogP contribution in [0, 0.1) is 11.6 Å². The molecule has 72 valence electrons. The Morgan fingerprint density at radius 1 is 1.36 bits per heavy atom. The molecule has 0 saturated carbocycles. The van der Waals surface area contributed by atoms with Crippen LogP contribution in [0.1, 0.15) is 10.4 Å². The van der Waals surface area contributed by atoms with Gasteiger partial charge in [0.15, 0.2) is 0 Å². The Bertz CT molecular complexity index is 519. The molecule has 5 heteroatoms. The maximum Gasteiger partial charge on any atom is 0.337 e. The van der Waals surface area contributed by atoms with E-state index in [1.807, 2.05) is 0 Å². The minimum absolute atomic E-state index is 0.0982. The normalized spacial score (nSPS) is 10.7. The predicted octanol–water partition coefficient (Wildman–Crippen LogP) is 2.14. The zero-order valence-corrected chi connectivity index (χ0v) is 6.84. The van der Waals surface area contributed by atoms with E-state index < -0.39 is 17.6 Å². The number of carboxylic acid groups (broad SMARTS) is 1. The number of aromatic amines is 1. The number of hydrogen-bond acceptors (Lipinski definition) is 1. The van der Waals surface area contributed by atoms with Gasteiger partial charge < -0.3 is 10.1 Å². The van der Waals surface area contributed by atoms with Crippen molar-refractivity contribution in [2.45, 2.75) is 0 Å². The van der Waals surface area contributed by atoms with E-state index >= 15 is 0 Å². The van der Waals surface area contributed by atoms with Gasteiger partial charge in [-0.25, -0.2) is 13.6 Å². The van der Waals surface area contributed by atoms with Crippen molar-refractivity contribution in [2.24, 2.45) is 0 Å². The largest absolute Gasteiger partial charge is 0.478 e. The molecular formula is C9H5F2NO2. The number of fused-ring (bicyclic) bond motifs is 1. The molecule has 0 bridgehead atoms. The van der Waals surface area contributed by atoms with Crippen LogP contribution >= 0.6 is 0 Å². The van der Waals surface area contributed by atoms with Crippen molar-refractivity contribution < 1.29 is 18.7 Å². The number of hydrogen-bond donors (Lipinski definition) is 2. The number of aromatic carboxylic acids is 1. The van der Waals surface area contributed by atoms with E-state index in [2.05, 4.69) is 4.98 Å². The highest BCUT2D eigenvalue weighted by atomic mass is 19.1. The highest BCUT2D eigenvalue weighted by Gasteiger charge is 2.15. The summed E-state index contributed by atoms with van der Waals surface area (Å²) >= 11 is 0. The van der Waals surface area contributed by atoms with Crippen molar-refractivity contribution >= 4 is 16.9 Å². The molecular weight excluding hydrogens is 192 g/mol. The maximum atomic E-state index is 13.2. The number of H-pyrrole nitrogens is 1. The number of benzene rings is 1. The highest BCUT2D eigenvalue weighted by Crippen LogP contribution is 2.22. The van der Waals surface area contributed by atoms with Crippen molar-refractivity contribution in [3.05, 3.63) is 35.5 Å². The van der Waals surface area contributed by atoms with E-state index in [1.165, 1.54) is 0 Å². The molecule has 2 rings (SSSR count). The molecule has 0 aliphatic rings. The first kappa shape index (κ1) is 8.68. The van der Waals surface area contributed by atoms with Crippen molar-refractivity contribution in [1.82, 2.24) is 4.98 Å². The maximum absolute atomic E-state index is 13.2. The summed E-state index contributed by atoms with van der Waals surface area (Å²) in [6.45, 7) is 0. The van der Waals surface area contributed by atoms with Crippen LogP contribution in [0.3, 0.4) is 0 Å². The average molecular weight is 197 g/mol. The molecule has 3 nitrogen and oxygen atoms in total. The third kappa shape index (κ3) is 1.14. The molecule has 1 heterocycles. The molecule has 0 spiro atoms. The summed E-state index contributed by atoms with van der Waals surface area (Å²) in [5.41, 5.74) is -0.0580. The first-order chi connectivity index (χ1) is 6.59. The van der Waals surface area contributed by atoms with Crippen LogP contribution in [0.2, 0.25) is 0 Å². The van der Waals surface area contributed by atoms with Gasteiger partial charge >= 0.3 is 5.97 Å². The van der Waals surface area contributed by atoms with Gasteiger partial charge in [-0.2, -0.15) is 0 Å². The smallest absolute Gasteiger partial charge is 0.337 e. The van der Waals surface area contributed by atoms with E-state index in [9.17, 15) is 13.6 Å². The molecule has 2 aromatic rings. The fourth-order valence-electron chi connectivity index (χ4n) is 1.35. The lowest BCUT2D eigenvalue weighted by atomic mass is 10.1. The Morgan fingerprint density at radius 3 is 2.71 bits per heavy atom. The van der Waals surface area contributed by atoms with Crippen LogP contribution in [-0.2, 0) is 0 Å². The Labute approximate surface area is 77.0 Å². The second-order valence-corrected chi connectivity index (χ2v) is 2.82. The first-order valence-electron chi connectivity index (χ1n) is 3.79. The summed E-state index contributed by atoms with van der Waals surface area (Å²) in [6.07, 6.45) is 1.13. The van der Waals surface area contributed by atoms with E-state index in [0.717, 1.165) is 12.3 Å². The lowest BCUT2D eigenvalue weighted by Crippen LogP contribution is -1.95. The van der Waals surface area contributed by atoms with E-state index in [0.29, 0.717) is 6.07 Å². The lowest BCUT2D eigenvalue weighted by molar-refractivity contribution is 0.0699. The van der Waals surface area contributed by atoms with Gasteiger partial charge in [0.05, 0.1) is 11.1 Å². The quantitative estimate of drug-likeness (QED) is 0.735. The number of nitrogens with one attached hydrogen (secondary N) is 1. The average Bonchev–Trinajstić information content (AvgIpc) is 2.47. The van der Waals surface area contributed by atoms with Crippen LogP contribution in [0.25, 0.3) is 10.9 Å². The zero-order valence-electron chi connectivity index (χ0n) is 6.84. The van der Waals surface area contributed by atoms with Crippen molar-refractivity contribution in [1.29, 1.82) is 0 Å². The number of aromatic nitrogens is 1. The summed E-state index contributed by atoms with van der Waals surface area (Å²) < 4.78 is 25.9. The molecule has 0 amide bonds. The predicted molar refractivity (Wildman–Crippen MR) is 45.2 cm³/mol. The monoisotopic (exact) mass is 197 g/mol. The van der Waals surface area contributed by atoms with Crippen molar-refractivity contribution in [3.8, 4) is 0 Å². The number of carbonyl (C=O) groups is 1. The van der Waals surface area contributed by atoms with E-state index in [4.69, 9.17) is 5.11 Å². The van der Waals surface area contributed by atoms with Gasteiger partial charge in [-0.3, -0.25) is 0 Å². The number of rotatable bonds is 1. The third-order valence-electron chi connectivity index (χ3n) is 1.93. The second-order valence-electron chi connectivity index (χ2n) is 2.82. The van der Waals surface area contributed by atoms with Gasteiger partial charge in [0.1, 0.15) is 11.6 Å². The molecule has 0 atom stereocenters. The van der Waals surface area contributed by atoms with Crippen LogP contribution in [0.5, 0.6) is 0 Å². The molecule has 14 heavy (non-hydrogen) atoms. The Kier molecular flexibility index (Phi) is 1.73. The van der Waals surface area contributed by atoms with Gasteiger partial charge in [-0.05, 0) is 6.07 Å². The summed E-state index contributed by atoms with van der Waals surface area (Å²) in [4.78, 5) is 13.1. The van der Waals surface area contributed by atoms with Crippen LogP contribution in [0.4, 0.5) is 8.78 Å². The molecule has 1 aromatic heterocycles. The topological polar surface area (TPSA) is 53.1 Å². The van der Waals surface area contributed by atoms with Gasteiger partial charge in [0.25, 0.3) is 0 Å². The van der Waals surface area contributed by atoms with Gasteiger partial charge in [0, 0.05) is 17.6 Å². The minimum Gasteiger partial charge on any atom is -0.478 e. The zero-order chi connectivity index (χ0) is 10.3.